The van der Waals surface area contributed by atoms with Crippen LogP contribution in [0.25, 0.3) is 0 Å². The lowest BCUT2D eigenvalue weighted by Crippen LogP contribution is -2.30. The van der Waals surface area contributed by atoms with Crippen LogP contribution in [-0.4, -0.2) is 27.5 Å². The highest BCUT2D eigenvalue weighted by Gasteiger charge is 2.32. The van der Waals surface area contributed by atoms with Gasteiger partial charge in [0.2, 0.25) is 0 Å². The molecule has 1 aromatic heterocycles. The van der Waals surface area contributed by atoms with Gasteiger partial charge in [0.1, 0.15) is 11.6 Å². The van der Waals surface area contributed by atoms with E-state index < -0.39 is 0 Å². The standard InChI is InChI=1S/C11H18N4S/c1-16-11(4-2-3-5-11)8-14-10-7-13-6-9(12)15-10/h6-7H,2-5,8H2,1H3,(H3,12,14,15). The highest BCUT2D eigenvalue weighted by atomic mass is 32.2. The fourth-order valence-electron chi connectivity index (χ4n) is 2.19. The van der Waals surface area contributed by atoms with E-state index in [1.165, 1.54) is 25.7 Å². The Bertz CT molecular complexity index is 350. The summed E-state index contributed by atoms with van der Waals surface area (Å²) >= 11 is 1.96. The molecule has 0 bridgehead atoms. The molecule has 0 aromatic carbocycles. The van der Waals surface area contributed by atoms with Crippen LogP contribution in [0.2, 0.25) is 0 Å². The third-order valence-corrected chi connectivity index (χ3v) is 4.61. The van der Waals surface area contributed by atoms with Crippen molar-refractivity contribution in [1.82, 2.24) is 9.97 Å². The zero-order valence-corrected chi connectivity index (χ0v) is 10.4. The van der Waals surface area contributed by atoms with Crippen molar-refractivity contribution in [2.45, 2.75) is 30.4 Å². The van der Waals surface area contributed by atoms with Gasteiger partial charge in [-0.25, -0.2) is 4.98 Å². The van der Waals surface area contributed by atoms with E-state index in [1.54, 1.807) is 12.4 Å². The van der Waals surface area contributed by atoms with E-state index in [2.05, 4.69) is 21.5 Å². The zero-order valence-electron chi connectivity index (χ0n) is 9.57. The van der Waals surface area contributed by atoms with Crippen molar-refractivity contribution < 1.29 is 0 Å². The van der Waals surface area contributed by atoms with Crippen LogP contribution in [0.15, 0.2) is 12.4 Å². The van der Waals surface area contributed by atoms with Crippen LogP contribution in [-0.2, 0) is 0 Å². The number of hydrogen-bond donors (Lipinski definition) is 2. The predicted molar refractivity (Wildman–Crippen MR) is 69.6 cm³/mol. The first-order valence-electron chi connectivity index (χ1n) is 5.61. The summed E-state index contributed by atoms with van der Waals surface area (Å²) < 4.78 is 0.381. The van der Waals surface area contributed by atoms with Gasteiger partial charge in [-0.15, -0.1) is 0 Å². The molecule has 2 rings (SSSR count). The minimum absolute atomic E-state index is 0.381. The third-order valence-electron chi connectivity index (χ3n) is 3.19. The van der Waals surface area contributed by atoms with Crippen LogP contribution in [0.1, 0.15) is 25.7 Å². The molecule has 1 aliphatic carbocycles. The van der Waals surface area contributed by atoms with Gasteiger partial charge in [0.25, 0.3) is 0 Å². The summed E-state index contributed by atoms with van der Waals surface area (Å²) in [6, 6.07) is 0. The zero-order chi connectivity index (χ0) is 11.4. The monoisotopic (exact) mass is 238 g/mol. The van der Waals surface area contributed by atoms with Crippen LogP contribution < -0.4 is 11.1 Å². The van der Waals surface area contributed by atoms with Crippen LogP contribution >= 0.6 is 11.8 Å². The number of aromatic nitrogens is 2. The Balaban J connectivity index is 1.95. The molecule has 0 amide bonds. The average Bonchev–Trinajstić information content (AvgIpc) is 2.76. The Labute approximate surface area is 100 Å². The number of thioether (sulfide) groups is 1. The molecule has 3 N–H and O–H groups in total. The Kier molecular flexibility index (Phi) is 3.53. The quantitative estimate of drug-likeness (QED) is 0.841. The van der Waals surface area contributed by atoms with Gasteiger partial charge in [0.15, 0.2) is 0 Å². The molecular weight excluding hydrogens is 220 g/mol. The van der Waals surface area contributed by atoms with Crippen molar-refractivity contribution in [3.63, 3.8) is 0 Å². The van der Waals surface area contributed by atoms with Crippen molar-refractivity contribution in [3.05, 3.63) is 12.4 Å². The van der Waals surface area contributed by atoms with Crippen LogP contribution in [0, 0.1) is 0 Å². The molecule has 0 aliphatic heterocycles. The second-order valence-corrected chi connectivity index (χ2v) is 5.55. The fourth-order valence-corrected chi connectivity index (χ4v) is 3.10. The summed E-state index contributed by atoms with van der Waals surface area (Å²) in [4.78, 5) is 8.22. The minimum Gasteiger partial charge on any atom is -0.382 e. The van der Waals surface area contributed by atoms with Crippen molar-refractivity contribution in [2.24, 2.45) is 0 Å². The van der Waals surface area contributed by atoms with E-state index in [0.29, 0.717) is 10.6 Å². The number of rotatable bonds is 4. The first kappa shape index (κ1) is 11.5. The molecule has 0 unspecified atom stereocenters. The van der Waals surface area contributed by atoms with E-state index in [9.17, 15) is 0 Å². The van der Waals surface area contributed by atoms with Gasteiger partial charge in [-0.1, -0.05) is 12.8 Å². The Morgan fingerprint density at radius 2 is 2.19 bits per heavy atom. The van der Waals surface area contributed by atoms with E-state index >= 15 is 0 Å². The maximum Gasteiger partial charge on any atom is 0.147 e. The molecule has 4 nitrogen and oxygen atoms in total. The number of nitrogens with one attached hydrogen (secondary N) is 1. The van der Waals surface area contributed by atoms with Crippen LogP contribution in [0.5, 0.6) is 0 Å². The van der Waals surface area contributed by atoms with Crippen LogP contribution in [0.3, 0.4) is 0 Å². The highest BCUT2D eigenvalue weighted by molar-refractivity contribution is 8.00. The van der Waals surface area contributed by atoms with Crippen molar-refractivity contribution in [2.75, 3.05) is 23.9 Å². The maximum absolute atomic E-state index is 5.59. The fraction of sp³-hybridized carbons (Fsp3) is 0.636. The van der Waals surface area contributed by atoms with Gasteiger partial charge in [-0.05, 0) is 19.1 Å². The summed E-state index contributed by atoms with van der Waals surface area (Å²) in [5.41, 5.74) is 5.59. The molecule has 1 saturated carbocycles. The number of nitrogens with two attached hydrogens (primary N) is 1. The SMILES string of the molecule is CSC1(CNc2cncc(N)n2)CCCC1. The van der Waals surface area contributed by atoms with Crippen molar-refractivity contribution >= 4 is 23.4 Å². The number of anilines is 2. The summed E-state index contributed by atoms with van der Waals surface area (Å²) in [5, 5.41) is 3.34. The van der Waals surface area contributed by atoms with Gasteiger partial charge in [-0.3, -0.25) is 4.98 Å². The summed E-state index contributed by atoms with van der Waals surface area (Å²) in [6.45, 7) is 0.951. The maximum atomic E-state index is 5.59. The van der Waals surface area contributed by atoms with Crippen LogP contribution in [0.4, 0.5) is 11.6 Å². The molecular formula is C11H18N4S. The highest BCUT2D eigenvalue weighted by Crippen LogP contribution is 2.40. The minimum atomic E-state index is 0.381. The third kappa shape index (κ3) is 2.58. The molecule has 88 valence electrons. The molecule has 0 radical (unpaired) electrons. The van der Waals surface area contributed by atoms with Gasteiger partial charge < -0.3 is 11.1 Å². The lowest BCUT2D eigenvalue weighted by atomic mass is 10.1. The van der Waals surface area contributed by atoms with Gasteiger partial charge in [-0.2, -0.15) is 11.8 Å². The lowest BCUT2D eigenvalue weighted by molar-refractivity contribution is 0.638. The first-order chi connectivity index (χ1) is 7.74. The van der Waals surface area contributed by atoms with Gasteiger partial charge in [0, 0.05) is 11.3 Å². The summed E-state index contributed by atoms with van der Waals surface area (Å²) in [5.74, 6) is 1.25. The van der Waals surface area contributed by atoms with Gasteiger partial charge in [0.05, 0.1) is 12.4 Å². The summed E-state index contributed by atoms with van der Waals surface area (Å²) in [6.07, 6.45) is 10.7. The Morgan fingerprint density at radius 1 is 1.44 bits per heavy atom. The largest absolute Gasteiger partial charge is 0.382 e. The molecule has 1 fully saturated rings. The van der Waals surface area contributed by atoms with Gasteiger partial charge >= 0.3 is 0 Å². The average molecular weight is 238 g/mol. The Hall–Kier alpha value is -0.970. The first-order valence-corrected chi connectivity index (χ1v) is 6.83. The molecule has 5 heteroatoms. The molecule has 1 heterocycles. The smallest absolute Gasteiger partial charge is 0.147 e. The van der Waals surface area contributed by atoms with E-state index in [4.69, 9.17) is 5.73 Å². The molecule has 1 aliphatic rings. The second kappa shape index (κ2) is 4.91. The summed E-state index contributed by atoms with van der Waals surface area (Å²) in [7, 11) is 0. The van der Waals surface area contributed by atoms with Crippen molar-refractivity contribution in [3.8, 4) is 0 Å². The lowest BCUT2D eigenvalue weighted by Gasteiger charge is -2.27. The number of nitrogen functional groups attached to an aromatic ring is 1. The number of hydrogen-bond acceptors (Lipinski definition) is 5. The van der Waals surface area contributed by atoms with E-state index in [-0.39, 0.29) is 0 Å². The molecule has 0 spiro atoms. The van der Waals surface area contributed by atoms with Crippen molar-refractivity contribution in [1.29, 1.82) is 0 Å². The predicted octanol–water partition coefficient (Wildman–Crippen LogP) is 2.15. The van der Waals surface area contributed by atoms with E-state index in [1.807, 2.05) is 11.8 Å². The second-order valence-electron chi connectivity index (χ2n) is 4.28. The van der Waals surface area contributed by atoms with E-state index in [0.717, 1.165) is 12.4 Å². The molecule has 0 saturated heterocycles. The molecule has 0 atom stereocenters. The Morgan fingerprint density at radius 3 is 2.81 bits per heavy atom. The topological polar surface area (TPSA) is 63.8 Å². The molecule has 1 aromatic rings. The normalized spacial score (nSPS) is 18.6. The molecule has 16 heavy (non-hydrogen) atoms. The number of nitrogens with zero attached hydrogens (tertiary/aromatic N) is 2.